The Labute approximate surface area is 162 Å². The van der Waals surface area contributed by atoms with Gasteiger partial charge in [0.05, 0.1) is 6.04 Å². The van der Waals surface area contributed by atoms with E-state index in [0.29, 0.717) is 6.42 Å². The summed E-state index contributed by atoms with van der Waals surface area (Å²) in [5.41, 5.74) is 0.738. The predicted molar refractivity (Wildman–Crippen MR) is 103 cm³/mol. The summed E-state index contributed by atoms with van der Waals surface area (Å²) in [5, 5.41) is 21.5. The minimum atomic E-state index is -1.07. The highest BCUT2D eigenvalue weighted by Gasteiger charge is 2.33. The molecular formula is C20H22N2O4S. The summed E-state index contributed by atoms with van der Waals surface area (Å²) < 4.78 is 2.02. The molecule has 0 spiro atoms. The highest BCUT2D eigenvalue weighted by molar-refractivity contribution is 7.97. The summed E-state index contributed by atoms with van der Waals surface area (Å²) >= 11 is 1.53. The number of aliphatic carboxylic acids is 1. The maximum atomic E-state index is 12.7. The lowest BCUT2D eigenvalue weighted by atomic mass is 10.1. The van der Waals surface area contributed by atoms with Crippen molar-refractivity contribution in [2.24, 2.45) is 0 Å². The van der Waals surface area contributed by atoms with E-state index in [1.54, 1.807) is 12.1 Å². The van der Waals surface area contributed by atoms with Crippen LogP contribution in [0.25, 0.3) is 0 Å². The Morgan fingerprint density at radius 2 is 1.85 bits per heavy atom. The SMILES string of the molecule is O=C(O)[C@H](Cc1ccc(O)cc1)NC(=O)[C@@H]1CCCN1Sc1ccccc1. The second-order valence-electron chi connectivity index (χ2n) is 6.47. The van der Waals surface area contributed by atoms with Gasteiger partial charge in [0.25, 0.3) is 0 Å². The van der Waals surface area contributed by atoms with Crippen LogP contribution in [0.5, 0.6) is 5.75 Å². The Hall–Kier alpha value is -2.51. The van der Waals surface area contributed by atoms with Gasteiger partial charge in [-0.25, -0.2) is 9.10 Å². The van der Waals surface area contributed by atoms with Crippen molar-refractivity contribution < 1.29 is 19.8 Å². The summed E-state index contributed by atoms with van der Waals surface area (Å²) in [6, 6.07) is 14.8. The number of carbonyl (C=O) groups is 2. The predicted octanol–water partition coefficient (Wildman–Crippen LogP) is 2.68. The molecule has 0 radical (unpaired) electrons. The smallest absolute Gasteiger partial charge is 0.326 e. The number of rotatable bonds is 7. The molecule has 1 heterocycles. The molecule has 27 heavy (non-hydrogen) atoms. The van der Waals surface area contributed by atoms with Crippen molar-refractivity contribution in [2.45, 2.75) is 36.2 Å². The van der Waals surface area contributed by atoms with Crippen molar-refractivity contribution in [1.82, 2.24) is 9.62 Å². The summed E-state index contributed by atoms with van der Waals surface area (Å²) in [4.78, 5) is 25.4. The largest absolute Gasteiger partial charge is 0.508 e. The molecule has 1 aliphatic heterocycles. The van der Waals surface area contributed by atoms with Crippen LogP contribution < -0.4 is 5.32 Å². The van der Waals surface area contributed by atoms with Crippen LogP contribution in [0.3, 0.4) is 0 Å². The fraction of sp³-hybridized carbons (Fsp3) is 0.300. The van der Waals surface area contributed by atoms with Crippen molar-refractivity contribution >= 4 is 23.8 Å². The van der Waals surface area contributed by atoms with E-state index in [0.717, 1.165) is 23.4 Å². The van der Waals surface area contributed by atoms with Crippen LogP contribution in [0.4, 0.5) is 0 Å². The summed E-state index contributed by atoms with van der Waals surface area (Å²) in [6.07, 6.45) is 1.77. The zero-order valence-electron chi connectivity index (χ0n) is 14.7. The van der Waals surface area contributed by atoms with Gasteiger partial charge in [-0.2, -0.15) is 0 Å². The minimum absolute atomic E-state index is 0.120. The monoisotopic (exact) mass is 386 g/mol. The van der Waals surface area contributed by atoms with E-state index in [1.165, 1.54) is 24.1 Å². The zero-order valence-corrected chi connectivity index (χ0v) is 15.6. The number of amides is 1. The van der Waals surface area contributed by atoms with Crippen molar-refractivity contribution in [2.75, 3.05) is 6.54 Å². The first-order valence-electron chi connectivity index (χ1n) is 8.83. The molecule has 1 amide bonds. The lowest BCUT2D eigenvalue weighted by molar-refractivity contribution is -0.142. The second-order valence-corrected chi connectivity index (χ2v) is 7.60. The Morgan fingerprint density at radius 1 is 1.15 bits per heavy atom. The molecule has 0 aliphatic carbocycles. The van der Waals surface area contributed by atoms with Crippen molar-refractivity contribution in [3.05, 3.63) is 60.2 Å². The van der Waals surface area contributed by atoms with E-state index in [2.05, 4.69) is 5.32 Å². The zero-order chi connectivity index (χ0) is 19.2. The molecule has 2 atom stereocenters. The number of phenols is 1. The molecule has 2 aromatic carbocycles. The number of carboxylic acids is 1. The molecule has 0 bridgehead atoms. The number of benzene rings is 2. The van der Waals surface area contributed by atoms with E-state index in [9.17, 15) is 19.8 Å². The Morgan fingerprint density at radius 3 is 2.52 bits per heavy atom. The molecule has 0 unspecified atom stereocenters. The molecular weight excluding hydrogens is 364 g/mol. The molecule has 3 rings (SSSR count). The van der Waals surface area contributed by atoms with Gasteiger partial charge < -0.3 is 15.5 Å². The fourth-order valence-electron chi connectivity index (χ4n) is 3.06. The molecule has 1 saturated heterocycles. The van der Waals surface area contributed by atoms with Crippen LogP contribution in [-0.4, -0.2) is 45.0 Å². The first-order chi connectivity index (χ1) is 13.0. The lowest BCUT2D eigenvalue weighted by Crippen LogP contribution is -2.49. The van der Waals surface area contributed by atoms with Crippen LogP contribution in [0.1, 0.15) is 18.4 Å². The van der Waals surface area contributed by atoms with Gasteiger partial charge in [0.2, 0.25) is 5.91 Å². The average Bonchev–Trinajstić information content (AvgIpc) is 3.12. The van der Waals surface area contributed by atoms with Gasteiger partial charge in [-0.05, 0) is 54.6 Å². The maximum absolute atomic E-state index is 12.7. The number of phenolic OH excluding ortho intramolecular Hbond substituents is 1. The van der Waals surface area contributed by atoms with E-state index >= 15 is 0 Å². The number of aromatic hydroxyl groups is 1. The topological polar surface area (TPSA) is 89.9 Å². The normalized spacial score (nSPS) is 18.1. The van der Waals surface area contributed by atoms with Gasteiger partial charge >= 0.3 is 5.97 Å². The third-order valence-corrected chi connectivity index (χ3v) is 5.62. The first-order valence-corrected chi connectivity index (χ1v) is 9.61. The molecule has 2 aromatic rings. The van der Waals surface area contributed by atoms with Gasteiger partial charge in [-0.1, -0.05) is 30.3 Å². The minimum Gasteiger partial charge on any atom is -0.508 e. The summed E-state index contributed by atoms with van der Waals surface area (Å²) in [5.74, 6) is -1.21. The first kappa shape index (κ1) is 19.3. The molecule has 1 aliphatic rings. The number of hydrogen-bond donors (Lipinski definition) is 3. The van der Waals surface area contributed by atoms with Gasteiger partial charge in [0.1, 0.15) is 11.8 Å². The van der Waals surface area contributed by atoms with Crippen LogP contribution in [0.15, 0.2) is 59.5 Å². The molecule has 0 saturated carbocycles. The number of nitrogens with zero attached hydrogens (tertiary/aromatic N) is 1. The van der Waals surface area contributed by atoms with Gasteiger partial charge in [0, 0.05) is 17.9 Å². The highest BCUT2D eigenvalue weighted by Crippen LogP contribution is 2.31. The van der Waals surface area contributed by atoms with Crippen molar-refractivity contribution in [1.29, 1.82) is 0 Å². The highest BCUT2D eigenvalue weighted by atomic mass is 32.2. The molecule has 142 valence electrons. The molecule has 1 fully saturated rings. The molecule has 6 nitrogen and oxygen atoms in total. The second kappa shape index (κ2) is 8.92. The summed E-state index contributed by atoms with van der Waals surface area (Å²) in [7, 11) is 0. The van der Waals surface area contributed by atoms with Crippen LogP contribution >= 0.6 is 11.9 Å². The lowest BCUT2D eigenvalue weighted by Gasteiger charge is -2.24. The molecule has 0 aromatic heterocycles. The van der Waals surface area contributed by atoms with Crippen LogP contribution in [0.2, 0.25) is 0 Å². The van der Waals surface area contributed by atoms with E-state index in [-0.39, 0.29) is 24.1 Å². The Kier molecular flexibility index (Phi) is 6.36. The van der Waals surface area contributed by atoms with Gasteiger partial charge in [0.15, 0.2) is 0 Å². The number of carboxylic acid groups (broad SMARTS) is 1. The number of carbonyl (C=O) groups excluding carboxylic acids is 1. The van der Waals surface area contributed by atoms with Gasteiger partial charge in [-0.3, -0.25) is 4.79 Å². The van der Waals surface area contributed by atoms with Crippen LogP contribution in [0, 0.1) is 0 Å². The van der Waals surface area contributed by atoms with Crippen molar-refractivity contribution in [3.63, 3.8) is 0 Å². The van der Waals surface area contributed by atoms with Gasteiger partial charge in [-0.15, -0.1) is 0 Å². The van der Waals surface area contributed by atoms with Crippen LogP contribution in [-0.2, 0) is 16.0 Å². The quantitative estimate of drug-likeness (QED) is 0.634. The Bertz CT molecular complexity index is 782. The van der Waals surface area contributed by atoms with E-state index in [1.807, 2.05) is 34.6 Å². The third kappa shape index (κ3) is 5.24. The van der Waals surface area contributed by atoms with E-state index < -0.39 is 12.0 Å². The van der Waals surface area contributed by atoms with E-state index in [4.69, 9.17) is 0 Å². The number of hydrogen-bond acceptors (Lipinski definition) is 5. The molecule has 3 N–H and O–H groups in total. The Balaban J connectivity index is 1.63. The van der Waals surface area contributed by atoms with Crippen molar-refractivity contribution in [3.8, 4) is 5.75 Å². The average molecular weight is 386 g/mol. The maximum Gasteiger partial charge on any atom is 0.326 e. The molecule has 7 heteroatoms. The third-order valence-electron chi connectivity index (χ3n) is 4.46. The fourth-order valence-corrected chi connectivity index (χ4v) is 4.16. The standard InChI is InChI=1S/C20H22N2O4S/c23-15-10-8-14(9-11-15)13-17(20(25)26)21-19(24)18-7-4-12-22(18)27-16-5-2-1-3-6-16/h1-3,5-6,8-11,17-18,23H,4,7,12-13H2,(H,21,24)(H,25,26)/t17-,18-/m0/s1. The summed E-state index contributed by atoms with van der Waals surface area (Å²) in [6.45, 7) is 0.785. The number of nitrogens with one attached hydrogen (secondary N) is 1.